The molecule has 0 fully saturated rings. The first-order valence-corrected chi connectivity index (χ1v) is 8.27. The first-order chi connectivity index (χ1) is 11.3. The van der Waals surface area contributed by atoms with Crippen molar-refractivity contribution < 1.29 is 0 Å². The van der Waals surface area contributed by atoms with Crippen LogP contribution in [0.1, 0.15) is 48.8 Å². The highest BCUT2D eigenvalue weighted by atomic mass is 15.1. The third kappa shape index (κ3) is 2.80. The van der Waals surface area contributed by atoms with Crippen molar-refractivity contribution in [3.8, 4) is 6.07 Å². The van der Waals surface area contributed by atoms with E-state index in [9.17, 15) is 5.26 Å². The molecule has 1 aromatic heterocycles. The maximum absolute atomic E-state index is 9.40. The molecule has 0 N–H and O–H groups in total. The van der Waals surface area contributed by atoms with Gasteiger partial charge in [-0.1, -0.05) is 39.0 Å². The molecule has 0 atom stereocenters. The smallest absolute Gasteiger partial charge is 0.115 e. The van der Waals surface area contributed by atoms with Crippen LogP contribution >= 0.6 is 0 Å². The third-order valence-electron chi connectivity index (χ3n) is 4.50. The zero-order valence-electron chi connectivity index (χ0n) is 15.0. The summed E-state index contributed by atoms with van der Waals surface area (Å²) in [5, 5.41) is 9.40. The summed E-state index contributed by atoms with van der Waals surface area (Å²) in [7, 11) is 0. The Labute approximate surface area is 143 Å². The number of fused-ring (bicyclic) bond motifs is 1. The molecule has 122 valence electrons. The van der Waals surface area contributed by atoms with E-state index in [1.54, 1.807) is 0 Å². The van der Waals surface area contributed by atoms with Crippen molar-refractivity contribution >= 4 is 11.0 Å². The van der Waals surface area contributed by atoms with Crippen LogP contribution in [0.3, 0.4) is 0 Å². The second-order valence-corrected chi connectivity index (χ2v) is 7.47. The predicted molar refractivity (Wildman–Crippen MR) is 98.2 cm³/mol. The zero-order chi connectivity index (χ0) is 17.5. The second kappa shape index (κ2) is 5.79. The van der Waals surface area contributed by atoms with Crippen LogP contribution in [0.5, 0.6) is 0 Å². The average Bonchev–Trinajstić information content (AvgIpc) is 2.86. The Kier molecular flexibility index (Phi) is 3.93. The Morgan fingerprint density at radius 2 is 1.75 bits per heavy atom. The molecule has 1 heterocycles. The van der Waals surface area contributed by atoms with Crippen molar-refractivity contribution in [2.45, 2.75) is 46.6 Å². The van der Waals surface area contributed by atoms with Crippen molar-refractivity contribution in [2.75, 3.05) is 0 Å². The van der Waals surface area contributed by atoms with Gasteiger partial charge in [0.1, 0.15) is 5.82 Å². The van der Waals surface area contributed by atoms with Crippen molar-refractivity contribution in [1.29, 1.82) is 5.26 Å². The summed E-state index contributed by atoms with van der Waals surface area (Å²) in [4.78, 5) is 4.92. The second-order valence-electron chi connectivity index (χ2n) is 7.47. The molecule has 0 aliphatic rings. The molecule has 3 rings (SSSR count). The van der Waals surface area contributed by atoms with Crippen LogP contribution in [0, 0.1) is 25.2 Å². The molecule has 0 aliphatic heterocycles. The lowest BCUT2D eigenvalue weighted by Crippen LogP contribution is -2.19. The minimum Gasteiger partial charge on any atom is -0.323 e. The van der Waals surface area contributed by atoms with Crippen LogP contribution in [-0.2, 0) is 12.0 Å². The average molecular weight is 317 g/mol. The topological polar surface area (TPSA) is 41.6 Å². The molecule has 0 unspecified atom stereocenters. The Hall–Kier alpha value is -2.60. The fraction of sp³-hybridized carbons (Fsp3) is 0.333. The minimum atomic E-state index is -0.0670. The summed E-state index contributed by atoms with van der Waals surface area (Å²) < 4.78 is 2.26. The number of hydrogen-bond acceptors (Lipinski definition) is 2. The Bertz CT molecular complexity index is 950. The highest BCUT2D eigenvalue weighted by molar-refractivity contribution is 5.78. The first-order valence-electron chi connectivity index (χ1n) is 8.27. The number of aryl methyl sites for hydroxylation is 2. The fourth-order valence-corrected chi connectivity index (χ4v) is 3.05. The van der Waals surface area contributed by atoms with Crippen molar-refractivity contribution in [3.63, 3.8) is 0 Å². The monoisotopic (exact) mass is 317 g/mol. The Balaban J connectivity index is 2.25. The van der Waals surface area contributed by atoms with Crippen LogP contribution in [0.25, 0.3) is 11.0 Å². The number of aromatic nitrogens is 2. The molecule has 3 heteroatoms. The van der Waals surface area contributed by atoms with Gasteiger partial charge in [0.15, 0.2) is 0 Å². The van der Waals surface area contributed by atoms with Gasteiger partial charge in [0.25, 0.3) is 0 Å². The molecule has 0 saturated heterocycles. The van der Waals surface area contributed by atoms with Gasteiger partial charge in [0.05, 0.1) is 29.2 Å². The van der Waals surface area contributed by atoms with Crippen molar-refractivity contribution in [1.82, 2.24) is 9.55 Å². The van der Waals surface area contributed by atoms with E-state index in [4.69, 9.17) is 4.98 Å². The molecule has 0 aliphatic carbocycles. The minimum absolute atomic E-state index is 0.0670. The quantitative estimate of drug-likeness (QED) is 0.676. The van der Waals surface area contributed by atoms with Gasteiger partial charge in [-0.15, -0.1) is 0 Å². The number of nitriles is 1. The van der Waals surface area contributed by atoms with E-state index in [1.807, 2.05) is 24.3 Å². The van der Waals surface area contributed by atoms with Crippen LogP contribution in [0.15, 0.2) is 36.4 Å². The van der Waals surface area contributed by atoms with Gasteiger partial charge in [0, 0.05) is 5.41 Å². The van der Waals surface area contributed by atoms with Gasteiger partial charge < -0.3 is 4.57 Å². The lowest BCUT2D eigenvalue weighted by Gasteiger charge is -2.20. The van der Waals surface area contributed by atoms with E-state index < -0.39 is 0 Å². The van der Waals surface area contributed by atoms with Crippen molar-refractivity contribution in [2.24, 2.45) is 0 Å². The normalized spacial score (nSPS) is 11.7. The maximum Gasteiger partial charge on any atom is 0.115 e. The largest absolute Gasteiger partial charge is 0.323 e. The standard InChI is InChI=1S/C21H23N3/c1-14-10-18-19(11-15(14)2)24(20(23-18)21(3,4)5)13-17-9-7-6-8-16(17)12-22/h6-11H,13H2,1-5H3. The van der Waals surface area contributed by atoms with E-state index in [0.717, 1.165) is 28.0 Å². The molecule has 3 aromatic rings. The van der Waals surface area contributed by atoms with Crippen LogP contribution < -0.4 is 0 Å². The van der Waals surface area contributed by atoms with Gasteiger partial charge >= 0.3 is 0 Å². The van der Waals surface area contributed by atoms with E-state index in [2.05, 4.69) is 57.4 Å². The zero-order valence-corrected chi connectivity index (χ0v) is 15.0. The summed E-state index contributed by atoms with van der Waals surface area (Å²) in [6.45, 7) is 11.5. The first kappa shape index (κ1) is 16.3. The number of imidazole rings is 1. The predicted octanol–water partition coefficient (Wildman–Crippen LogP) is 4.87. The molecule has 24 heavy (non-hydrogen) atoms. The molecule has 0 saturated carbocycles. The van der Waals surface area contributed by atoms with E-state index >= 15 is 0 Å². The Morgan fingerprint density at radius 3 is 2.42 bits per heavy atom. The Morgan fingerprint density at radius 1 is 1.08 bits per heavy atom. The molecule has 0 radical (unpaired) electrons. The van der Waals surface area contributed by atoms with Gasteiger partial charge in [0.2, 0.25) is 0 Å². The summed E-state index contributed by atoms with van der Waals surface area (Å²) >= 11 is 0. The number of hydrogen-bond donors (Lipinski definition) is 0. The van der Waals surface area contributed by atoms with Gasteiger partial charge in [-0.25, -0.2) is 4.98 Å². The highest BCUT2D eigenvalue weighted by Crippen LogP contribution is 2.29. The van der Waals surface area contributed by atoms with Crippen molar-refractivity contribution in [3.05, 3.63) is 64.5 Å². The molecule has 0 bridgehead atoms. The highest BCUT2D eigenvalue weighted by Gasteiger charge is 2.23. The maximum atomic E-state index is 9.40. The lowest BCUT2D eigenvalue weighted by molar-refractivity contribution is 0.516. The van der Waals surface area contributed by atoms with Gasteiger partial charge in [-0.3, -0.25) is 0 Å². The van der Waals surface area contributed by atoms with Gasteiger partial charge in [-0.05, 0) is 48.7 Å². The summed E-state index contributed by atoms with van der Waals surface area (Å²) in [5.74, 6) is 1.05. The van der Waals surface area contributed by atoms with Gasteiger partial charge in [-0.2, -0.15) is 5.26 Å². The molecule has 2 aromatic carbocycles. The number of nitrogens with zero attached hydrogens (tertiary/aromatic N) is 3. The van der Waals surface area contributed by atoms with E-state index in [-0.39, 0.29) is 5.41 Å². The summed E-state index contributed by atoms with van der Waals surface area (Å²) in [6, 6.07) is 14.5. The molecule has 3 nitrogen and oxygen atoms in total. The number of benzene rings is 2. The van der Waals surface area contributed by atoms with E-state index in [0.29, 0.717) is 6.54 Å². The molecular formula is C21H23N3. The van der Waals surface area contributed by atoms with E-state index in [1.165, 1.54) is 11.1 Å². The summed E-state index contributed by atoms with van der Waals surface area (Å²) in [6.07, 6.45) is 0. The van der Waals surface area contributed by atoms with Crippen LogP contribution in [-0.4, -0.2) is 9.55 Å². The number of rotatable bonds is 2. The third-order valence-corrected chi connectivity index (χ3v) is 4.50. The molecular weight excluding hydrogens is 294 g/mol. The SMILES string of the molecule is Cc1cc2nc(C(C)(C)C)n(Cc3ccccc3C#N)c2cc1C. The van der Waals surface area contributed by atoms with Crippen LogP contribution in [0.4, 0.5) is 0 Å². The summed E-state index contributed by atoms with van der Waals surface area (Å²) in [5.41, 5.74) is 6.37. The fourth-order valence-electron chi connectivity index (χ4n) is 3.05. The molecule has 0 amide bonds. The molecule has 0 spiro atoms. The van der Waals surface area contributed by atoms with Crippen LogP contribution in [0.2, 0.25) is 0 Å². The lowest BCUT2D eigenvalue weighted by atomic mass is 9.95.